The van der Waals surface area contributed by atoms with E-state index in [4.69, 9.17) is 4.74 Å². The van der Waals surface area contributed by atoms with Crippen LogP contribution >= 0.6 is 11.3 Å². The zero-order valence-electron chi connectivity index (χ0n) is 20.2. The molecule has 1 fully saturated rings. The highest BCUT2D eigenvalue weighted by atomic mass is 32.2. The Balaban J connectivity index is 1.47. The van der Waals surface area contributed by atoms with Crippen molar-refractivity contribution in [3.05, 3.63) is 94.2 Å². The number of likely N-dealkylation sites (tertiary alicyclic amines) is 1. The van der Waals surface area contributed by atoms with Crippen LogP contribution in [-0.4, -0.2) is 43.2 Å². The normalized spacial score (nSPS) is 15.9. The van der Waals surface area contributed by atoms with E-state index in [-0.39, 0.29) is 17.3 Å². The zero-order chi connectivity index (χ0) is 26.0. The van der Waals surface area contributed by atoms with Gasteiger partial charge in [0.05, 0.1) is 23.6 Å². The molecule has 0 N–H and O–H groups in total. The van der Waals surface area contributed by atoms with Crippen molar-refractivity contribution in [2.24, 2.45) is 0 Å². The van der Waals surface area contributed by atoms with Gasteiger partial charge >= 0.3 is 0 Å². The van der Waals surface area contributed by atoms with Gasteiger partial charge in [0.2, 0.25) is 15.9 Å². The molecule has 1 amide bonds. The van der Waals surface area contributed by atoms with Crippen LogP contribution in [0.1, 0.15) is 23.1 Å². The number of rotatable bonds is 8. The van der Waals surface area contributed by atoms with Crippen LogP contribution in [0.4, 0.5) is 0 Å². The Morgan fingerprint density at radius 1 is 1.08 bits per heavy atom. The molecule has 0 aliphatic carbocycles. The van der Waals surface area contributed by atoms with Gasteiger partial charge in [0.1, 0.15) is 11.8 Å². The van der Waals surface area contributed by atoms with E-state index in [1.165, 1.54) is 15.6 Å². The van der Waals surface area contributed by atoms with Crippen molar-refractivity contribution in [3.8, 4) is 11.8 Å². The van der Waals surface area contributed by atoms with Crippen molar-refractivity contribution in [1.82, 2.24) is 9.21 Å². The molecular formula is C28H25N3O4S2. The summed E-state index contributed by atoms with van der Waals surface area (Å²) in [5, 5.41) is 14.6. The highest BCUT2D eigenvalue weighted by molar-refractivity contribution is 7.89. The third-order valence-corrected chi connectivity index (χ3v) is 9.17. The summed E-state index contributed by atoms with van der Waals surface area (Å²) in [6, 6.07) is 20.8. The Bertz CT molecular complexity index is 1590. The molecule has 1 atom stereocenters. The Kier molecular flexibility index (Phi) is 6.98. The van der Waals surface area contributed by atoms with Gasteiger partial charge in [0, 0.05) is 19.6 Å². The molecule has 1 aromatic heterocycles. The number of methoxy groups -OCH3 is 1. The van der Waals surface area contributed by atoms with Gasteiger partial charge < -0.3 is 9.64 Å². The summed E-state index contributed by atoms with van der Waals surface area (Å²) in [7, 11) is -2.44. The number of carbonyl (C=O) groups excluding carboxylic acids is 1. The van der Waals surface area contributed by atoms with Gasteiger partial charge in [0.15, 0.2) is 0 Å². The molecule has 3 aromatic carbocycles. The SMILES string of the molecule is COc1ccc2ccc(S(=O)(=O)N(Cc3ccsc3)[C@H]3CCN(Cc4cccc(C#N)c4)C3=O)cc2c1. The third kappa shape index (κ3) is 5.09. The lowest BCUT2D eigenvalue weighted by Gasteiger charge is -2.27. The molecule has 0 saturated carbocycles. The largest absolute Gasteiger partial charge is 0.497 e. The molecule has 0 spiro atoms. The van der Waals surface area contributed by atoms with Crippen molar-refractivity contribution in [2.75, 3.05) is 13.7 Å². The Hall–Kier alpha value is -3.71. The van der Waals surface area contributed by atoms with Crippen molar-refractivity contribution in [1.29, 1.82) is 5.26 Å². The fraction of sp³-hybridized carbons (Fsp3) is 0.214. The second-order valence-corrected chi connectivity index (χ2v) is 11.6. The van der Waals surface area contributed by atoms with Crippen LogP contribution < -0.4 is 4.74 Å². The first-order chi connectivity index (χ1) is 17.9. The van der Waals surface area contributed by atoms with Gasteiger partial charge in [-0.05, 0) is 81.5 Å². The van der Waals surface area contributed by atoms with Crippen LogP contribution in [-0.2, 0) is 27.9 Å². The van der Waals surface area contributed by atoms with Crippen molar-refractivity contribution >= 4 is 38.0 Å². The van der Waals surface area contributed by atoms with Gasteiger partial charge in [-0.3, -0.25) is 4.79 Å². The quantitative estimate of drug-likeness (QED) is 0.327. The number of ether oxygens (including phenoxy) is 1. The first-order valence-corrected chi connectivity index (χ1v) is 14.2. The molecule has 4 aromatic rings. The predicted molar refractivity (Wildman–Crippen MR) is 143 cm³/mol. The molecule has 0 unspecified atom stereocenters. The summed E-state index contributed by atoms with van der Waals surface area (Å²) in [5.41, 5.74) is 2.20. The molecule has 9 heteroatoms. The standard InChI is InChI=1S/C28H25N3O4S2/c1-35-25-7-5-23-6-8-26(15-24(23)14-25)37(33,34)31(18-22-10-12-36-19-22)27-9-11-30(28(27)32)17-21-4-2-3-20(13-21)16-29/h2-8,10,12-15,19,27H,9,11,17-18H2,1H3/t27-/m0/s1. The fourth-order valence-electron chi connectivity index (χ4n) is 4.66. The van der Waals surface area contributed by atoms with Crippen LogP contribution in [0.25, 0.3) is 10.8 Å². The lowest BCUT2D eigenvalue weighted by Crippen LogP contribution is -2.44. The van der Waals surface area contributed by atoms with E-state index in [0.29, 0.717) is 30.8 Å². The number of sulfonamides is 1. The number of thiophene rings is 1. The van der Waals surface area contributed by atoms with E-state index in [0.717, 1.165) is 21.9 Å². The number of carbonyl (C=O) groups is 1. The maximum absolute atomic E-state index is 14.0. The summed E-state index contributed by atoms with van der Waals surface area (Å²) in [5.74, 6) is 0.405. The number of nitriles is 1. The number of amides is 1. The minimum Gasteiger partial charge on any atom is -0.497 e. The van der Waals surface area contributed by atoms with Crippen LogP contribution in [0.5, 0.6) is 5.75 Å². The molecule has 37 heavy (non-hydrogen) atoms. The van der Waals surface area contributed by atoms with E-state index in [2.05, 4.69) is 6.07 Å². The smallest absolute Gasteiger partial charge is 0.244 e. The van der Waals surface area contributed by atoms with Gasteiger partial charge in [-0.2, -0.15) is 20.9 Å². The average molecular weight is 532 g/mol. The van der Waals surface area contributed by atoms with Crippen molar-refractivity contribution in [3.63, 3.8) is 0 Å². The van der Waals surface area contributed by atoms with Crippen LogP contribution in [0.3, 0.4) is 0 Å². The fourth-order valence-corrected chi connectivity index (χ4v) is 6.95. The molecule has 1 aliphatic heterocycles. The Labute approximate surface area is 220 Å². The van der Waals surface area contributed by atoms with E-state index in [1.54, 1.807) is 54.5 Å². The monoisotopic (exact) mass is 531 g/mol. The minimum atomic E-state index is -4.00. The number of nitrogens with zero attached hydrogens (tertiary/aromatic N) is 3. The molecule has 5 rings (SSSR count). The third-order valence-electron chi connectivity index (χ3n) is 6.59. The van der Waals surface area contributed by atoms with Gasteiger partial charge in [-0.25, -0.2) is 8.42 Å². The Morgan fingerprint density at radius 2 is 1.92 bits per heavy atom. The average Bonchev–Trinajstić information content (AvgIpc) is 3.56. The van der Waals surface area contributed by atoms with Crippen molar-refractivity contribution in [2.45, 2.75) is 30.4 Å². The first-order valence-electron chi connectivity index (χ1n) is 11.8. The molecule has 7 nitrogen and oxygen atoms in total. The van der Waals surface area contributed by atoms with E-state index < -0.39 is 16.1 Å². The maximum atomic E-state index is 14.0. The minimum absolute atomic E-state index is 0.107. The molecular weight excluding hydrogens is 506 g/mol. The van der Waals surface area contributed by atoms with Gasteiger partial charge in [0.25, 0.3) is 0 Å². The predicted octanol–water partition coefficient (Wildman–Crippen LogP) is 4.77. The molecule has 1 saturated heterocycles. The molecule has 0 radical (unpaired) electrons. The van der Waals surface area contributed by atoms with Crippen molar-refractivity contribution < 1.29 is 17.9 Å². The number of hydrogen-bond acceptors (Lipinski definition) is 6. The zero-order valence-corrected chi connectivity index (χ0v) is 21.8. The number of benzene rings is 3. The van der Waals surface area contributed by atoms with E-state index in [9.17, 15) is 18.5 Å². The van der Waals surface area contributed by atoms with Gasteiger partial charge in [-0.1, -0.05) is 24.3 Å². The Morgan fingerprint density at radius 3 is 2.68 bits per heavy atom. The first kappa shape index (κ1) is 25.0. The van der Waals surface area contributed by atoms with Crippen LogP contribution in [0, 0.1) is 11.3 Å². The lowest BCUT2D eigenvalue weighted by atomic mass is 10.1. The summed E-state index contributed by atoms with van der Waals surface area (Å²) >= 11 is 1.49. The number of fused-ring (bicyclic) bond motifs is 1. The summed E-state index contributed by atoms with van der Waals surface area (Å²) in [6.45, 7) is 0.869. The van der Waals surface area contributed by atoms with Crippen LogP contribution in [0.2, 0.25) is 0 Å². The highest BCUT2D eigenvalue weighted by Crippen LogP contribution is 2.31. The molecule has 2 heterocycles. The summed E-state index contributed by atoms with van der Waals surface area (Å²) < 4.78 is 34.7. The maximum Gasteiger partial charge on any atom is 0.244 e. The lowest BCUT2D eigenvalue weighted by molar-refractivity contribution is -0.131. The van der Waals surface area contributed by atoms with Gasteiger partial charge in [-0.15, -0.1) is 0 Å². The second-order valence-electron chi connectivity index (χ2n) is 8.93. The summed E-state index contributed by atoms with van der Waals surface area (Å²) in [4.78, 5) is 15.4. The molecule has 0 bridgehead atoms. The molecule has 188 valence electrons. The second kappa shape index (κ2) is 10.3. The van der Waals surface area contributed by atoms with Crippen LogP contribution in [0.15, 0.2) is 82.4 Å². The topological polar surface area (TPSA) is 90.7 Å². The highest BCUT2D eigenvalue weighted by Gasteiger charge is 2.42. The molecule has 1 aliphatic rings. The van der Waals surface area contributed by atoms with E-state index >= 15 is 0 Å². The number of hydrogen-bond donors (Lipinski definition) is 0. The van der Waals surface area contributed by atoms with E-state index in [1.807, 2.05) is 35.0 Å². The summed E-state index contributed by atoms with van der Waals surface area (Å²) in [6.07, 6.45) is 0.390.